The highest BCUT2D eigenvalue weighted by atomic mass is 16.5. The quantitative estimate of drug-likeness (QED) is 0.664. The molecule has 25 heavy (non-hydrogen) atoms. The highest BCUT2D eigenvalue weighted by Gasteiger charge is 2.09. The maximum Gasteiger partial charge on any atom is 0.338 e. The van der Waals surface area contributed by atoms with Crippen LogP contribution in [-0.4, -0.2) is 22.9 Å². The first-order valence-electron chi connectivity index (χ1n) is 8.00. The summed E-state index contributed by atoms with van der Waals surface area (Å²) in [6.07, 6.45) is 0. The van der Waals surface area contributed by atoms with Crippen molar-refractivity contribution < 1.29 is 14.3 Å². The molecule has 0 aliphatic heterocycles. The van der Waals surface area contributed by atoms with Crippen LogP contribution < -0.4 is 4.74 Å². The van der Waals surface area contributed by atoms with Gasteiger partial charge in [-0.05, 0) is 61.9 Å². The molecular weight excluding hydrogens is 316 g/mol. The maximum atomic E-state index is 12.2. The minimum atomic E-state index is -0.351. The Morgan fingerprint density at radius 3 is 2.28 bits per heavy atom. The number of hydrogen-bond acceptors (Lipinski definition) is 4. The number of aryl methyl sites for hydroxylation is 2. The van der Waals surface area contributed by atoms with E-state index in [0.29, 0.717) is 5.56 Å². The summed E-state index contributed by atoms with van der Waals surface area (Å²) in [7, 11) is 1.62. The van der Waals surface area contributed by atoms with Gasteiger partial charge in [-0.15, -0.1) is 0 Å². The molecule has 0 radical (unpaired) electrons. The molecule has 0 unspecified atom stereocenters. The smallest absolute Gasteiger partial charge is 0.338 e. The third-order valence-corrected chi connectivity index (χ3v) is 3.89. The van der Waals surface area contributed by atoms with Crippen molar-refractivity contribution in [3.05, 3.63) is 77.1 Å². The molecule has 0 bridgehead atoms. The molecule has 0 fully saturated rings. The third-order valence-electron chi connectivity index (χ3n) is 3.89. The zero-order valence-electron chi connectivity index (χ0n) is 14.5. The molecule has 0 saturated heterocycles. The van der Waals surface area contributed by atoms with Gasteiger partial charge in [0.2, 0.25) is 0 Å². The normalized spacial score (nSPS) is 10.5. The van der Waals surface area contributed by atoms with Gasteiger partial charge in [-0.2, -0.15) is 5.10 Å². The molecule has 5 nitrogen and oxygen atoms in total. The van der Waals surface area contributed by atoms with Crippen LogP contribution >= 0.6 is 0 Å². The van der Waals surface area contributed by atoms with Gasteiger partial charge >= 0.3 is 5.97 Å². The van der Waals surface area contributed by atoms with Crippen molar-refractivity contribution in [3.8, 4) is 11.4 Å². The number of benzene rings is 2. The Morgan fingerprint density at radius 1 is 1.04 bits per heavy atom. The van der Waals surface area contributed by atoms with Gasteiger partial charge in [-0.25, -0.2) is 9.48 Å². The van der Waals surface area contributed by atoms with Crippen molar-refractivity contribution >= 4 is 5.97 Å². The highest BCUT2D eigenvalue weighted by molar-refractivity contribution is 5.89. The number of rotatable bonds is 5. The first-order valence-corrected chi connectivity index (χ1v) is 8.00. The summed E-state index contributed by atoms with van der Waals surface area (Å²) in [6, 6.07) is 16.7. The monoisotopic (exact) mass is 336 g/mol. The van der Waals surface area contributed by atoms with E-state index in [4.69, 9.17) is 9.47 Å². The molecule has 0 N–H and O–H groups in total. The van der Waals surface area contributed by atoms with Crippen molar-refractivity contribution in [3.63, 3.8) is 0 Å². The predicted molar refractivity (Wildman–Crippen MR) is 95.2 cm³/mol. The number of nitrogens with zero attached hydrogens (tertiary/aromatic N) is 2. The molecule has 0 amide bonds. The minimum Gasteiger partial charge on any atom is -0.497 e. The Balaban J connectivity index is 1.65. The third kappa shape index (κ3) is 3.88. The van der Waals surface area contributed by atoms with Crippen LogP contribution in [0.15, 0.2) is 54.6 Å². The molecule has 0 saturated carbocycles. The van der Waals surface area contributed by atoms with Crippen molar-refractivity contribution in [1.29, 1.82) is 0 Å². The Morgan fingerprint density at radius 2 is 1.72 bits per heavy atom. The average Bonchev–Trinajstić information content (AvgIpc) is 2.98. The molecule has 0 aliphatic rings. The molecule has 0 spiro atoms. The zero-order chi connectivity index (χ0) is 17.8. The minimum absolute atomic E-state index is 0.224. The van der Waals surface area contributed by atoms with E-state index < -0.39 is 0 Å². The van der Waals surface area contributed by atoms with Crippen LogP contribution in [0, 0.1) is 13.8 Å². The molecule has 1 heterocycles. The topological polar surface area (TPSA) is 53.4 Å². The summed E-state index contributed by atoms with van der Waals surface area (Å²) in [5.41, 5.74) is 4.34. The molecule has 128 valence electrons. The molecule has 0 atom stereocenters. The summed E-state index contributed by atoms with van der Waals surface area (Å²) < 4.78 is 12.3. The lowest BCUT2D eigenvalue weighted by molar-refractivity contribution is 0.0472. The number of hydrogen-bond donors (Lipinski definition) is 0. The number of carbonyl (C=O) groups is 1. The van der Waals surface area contributed by atoms with E-state index in [1.165, 1.54) is 0 Å². The Hall–Kier alpha value is -3.08. The van der Waals surface area contributed by atoms with Crippen molar-refractivity contribution in [2.75, 3.05) is 7.11 Å². The van der Waals surface area contributed by atoms with Crippen molar-refractivity contribution in [2.45, 2.75) is 20.5 Å². The van der Waals surface area contributed by atoms with Crippen LogP contribution in [0.25, 0.3) is 5.69 Å². The van der Waals surface area contributed by atoms with E-state index in [9.17, 15) is 4.79 Å². The van der Waals surface area contributed by atoms with Crippen molar-refractivity contribution in [1.82, 2.24) is 9.78 Å². The zero-order valence-corrected chi connectivity index (χ0v) is 14.5. The van der Waals surface area contributed by atoms with Crippen LogP contribution in [-0.2, 0) is 11.3 Å². The fraction of sp³-hybridized carbons (Fsp3) is 0.200. The summed E-state index contributed by atoms with van der Waals surface area (Å²) in [5, 5.41) is 4.44. The van der Waals surface area contributed by atoms with Gasteiger partial charge in [0, 0.05) is 5.69 Å². The number of carbonyl (C=O) groups excluding carboxylic acids is 1. The molecule has 3 aromatic rings. The van der Waals surface area contributed by atoms with Crippen LogP contribution in [0.5, 0.6) is 5.75 Å². The van der Waals surface area contributed by atoms with Gasteiger partial charge in [-0.3, -0.25) is 0 Å². The molecule has 1 aromatic heterocycles. The fourth-order valence-electron chi connectivity index (χ4n) is 2.58. The summed E-state index contributed by atoms with van der Waals surface area (Å²) >= 11 is 0. The van der Waals surface area contributed by atoms with Gasteiger partial charge in [0.05, 0.1) is 24.1 Å². The summed E-state index contributed by atoms with van der Waals surface area (Å²) in [5.74, 6) is 0.422. The molecular formula is C20H20N2O3. The molecule has 5 heteroatoms. The van der Waals surface area contributed by atoms with E-state index in [2.05, 4.69) is 5.10 Å². The Labute approximate surface area is 146 Å². The predicted octanol–water partition coefficient (Wildman–Crippen LogP) is 3.85. The lowest BCUT2D eigenvalue weighted by atomic mass is 10.2. The number of aromatic nitrogens is 2. The molecule has 2 aromatic carbocycles. The van der Waals surface area contributed by atoms with E-state index >= 15 is 0 Å². The second-order valence-corrected chi connectivity index (χ2v) is 5.81. The van der Waals surface area contributed by atoms with Gasteiger partial charge in [0.25, 0.3) is 0 Å². The second kappa shape index (κ2) is 7.21. The van der Waals surface area contributed by atoms with Gasteiger partial charge in [0.15, 0.2) is 0 Å². The van der Waals surface area contributed by atoms with Crippen molar-refractivity contribution in [2.24, 2.45) is 0 Å². The highest BCUT2D eigenvalue weighted by Crippen LogP contribution is 2.15. The molecule has 0 aliphatic carbocycles. The SMILES string of the molecule is COc1ccc(COC(=O)c2ccc(-n3nc(C)cc3C)cc2)cc1. The van der Waals surface area contributed by atoms with Crippen LogP contribution in [0.2, 0.25) is 0 Å². The maximum absolute atomic E-state index is 12.2. The lowest BCUT2D eigenvalue weighted by Gasteiger charge is -2.08. The standard InChI is InChI=1S/C20H20N2O3/c1-14-12-15(2)22(21-14)18-8-6-17(7-9-18)20(23)25-13-16-4-10-19(24-3)11-5-16/h4-12H,13H2,1-3H3. The molecule has 3 rings (SSSR count). The van der Waals surface area contributed by atoms with E-state index in [1.54, 1.807) is 19.2 Å². The van der Waals surface area contributed by atoms with E-state index in [1.807, 2.05) is 61.0 Å². The number of esters is 1. The van der Waals surface area contributed by atoms with Crippen LogP contribution in [0.1, 0.15) is 27.3 Å². The summed E-state index contributed by atoms with van der Waals surface area (Å²) in [4.78, 5) is 12.2. The van der Waals surface area contributed by atoms with Crippen LogP contribution in [0.3, 0.4) is 0 Å². The largest absolute Gasteiger partial charge is 0.497 e. The van der Waals surface area contributed by atoms with Gasteiger partial charge in [-0.1, -0.05) is 12.1 Å². The lowest BCUT2D eigenvalue weighted by Crippen LogP contribution is -2.06. The van der Waals surface area contributed by atoms with Crippen LogP contribution in [0.4, 0.5) is 0 Å². The fourth-order valence-corrected chi connectivity index (χ4v) is 2.58. The average molecular weight is 336 g/mol. The number of methoxy groups -OCH3 is 1. The van der Waals surface area contributed by atoms with Gasteiger partial charge < -0.3 is 9.47 Å². The van der Waals surface area contributed by atoms with E-state index in [0.717, 1.165) is 28.4 Å². The van der Waals surface area contributed by atoms with E-state index in [-0.39, 0.29) is 12.6 Å². The first-order chi connectivity index (χ1) is 12.1. The first kappa shape index (κ1) is 16.8. The Kier molecular flexibility index (Phi) is 4.84. The summed E-state index contributed by atoms with van der Waals surface area (Å²) in [6.45, 7) is 4.17. The van der Waals surface area contributed by atoms with Gasteiger partial charge in [0.1, 0.15) is 12.4 Å². The second-order valence-electron chi connectivity index (χ2n) is 5.81. The number of ether oxygens (including phenoxy) is 2. The Bertz CT molecular complexity index is 865.